The predicted octanol–water partition coefficient (Wildman–Crippen LogP) is 4.55. The summed E-state index contributed by atoms with van der Waals surface area (Å²) in [5, 5.41) is 4.46. The Hall–Kier alpha value is -1.88. The van der Waals surface area contributed by atoms with Gasteiger partial charge in [-0.3, -0.25) is 4.98 Å². The molecule has 138 valence electrons. The largest absolute Gasteiger partial charge is 0.352 e. The molecule has 0 spiro atoms. The molecule has 2 fully saturated rings. The lowest BCUT2D eigenvalue weighted by atomic mass is 9.97. The number of thiocarbonyl (C=S) groups is 1. The van der Waals surface area contributed by atoms with Crippen LogP contribution in [-0.4, -0.2) is 25.6 Å². The van der Waals surface area contributed by atoms with Crippen LogP contribution in [0.1, 0.15) is 69.8 Å². The number of hydrogen-bond donors (Lipinski definition) is 1. The van der Waals surface area contributed by atoms with E-state index in [-0.39, 0.29) is 17.6 Å². The Morgan fingerprint density at radius 1 is 1.15 bits per heavy atom. The third-order valence-corrected chi connectivity index (χ3v) is 6.01. The van der Waals surface area contributed by atoms with Crippen molar-refractivity contribution in [2.24, 2.45) is 0 Å². The molecule has 1 saturated carbocycles. The summed E-state index contributed by atoms with van der Waals surface area (Å²) in [7, 11) is 0. The number of nitrogens with one attached hydrogen (secondary N) is 1. The van der Waals surface area contributed by atoms with E-state index in [4.69, 9.17) is 12.2 Å². The second-order valence-corrected chi connectivity index (χ2v) is 8.88. The highest BCUT2D eigenvalue weighted by molar-refractivity contribution is 7.80. The molecule has 1 aliphatic heterocycles. The maximum atomic E-state index is 5.79. The van der Waals surface area contributed by atoms with Gasteiger partial charge in [0.2, 0.25) is 0 Å². The van der Waals surface area contributed by atoms with Crippen molar-refractivity contribution in [3.05, 3.63) is 54.1 Å². The molecule has 2 aromatic rings. The van der Waals surface area contributed by atoms with Gasteiger partial charge < -0.3 is 14.8 Å². The molecule has 4 nitrogen and oxygen atoms in total. The number of rotatable bonds is 3. The Morgan fingerprint density at radius 3 is 2.54 bits per heavy atom. The van der Waals surface area contributed by atoms with E-state index in [9.17, 15) is 0 Å². The van der Waals surface area contributed by atoms with Crippen molar-refractivity contribution >= 4 is 17.3 Å². The second kappa shape index (κ2) is 6.69. The first kappa shape index (κ1) is 17.5. The average Bonchev–Trinajstić information content (AvgIpc) is 3.33. The van der Waals surface area contributed by atoms with Crippen molar-refractivity contribution in [2.45, 2.75) is 70.1 Å². The molecule has 1 N–H and O–H groups in total. The van der Waals surface area contributed by atoms with Crippen LogP contribution >= 0.6 is 12.2 Å². The first-order chi connectivity index (χ1) is 12.4. The molecule has 5 heteroatoms. The molecule has 26 heavy (non-hydrogen) atoms. The molecule has 4 rings (SSSR count). The lowest BCUT2D eigenvalue weighted by Gasteiger charge is -2.32. The Balaban J connectivity index is 1.75. The van der Waals surface area contributed by atoms with Gasteiger partial charge in [0.15, 0.2) is 5.11 Å². The van der Waals surface area contributed by atoms with Crippen LogP contribution in [0.2, 0.25) is 0 Å². The van der Waals surface area contributed by atoms with E-state index in [1.165, 1.54) is 31.2 Å². The van der Waals surface area contributed by atoms with Crippen molar-refractivity contribution in [3.8, 4) is 0 Å². The smallest absolute Gasteiger partial charge is 0.170 e. The zero-order valence-electron chi connectivity index (χ0n) is 15.9. The van der Waals surface area contributed by atoms with E-state index in [1.807, 2.05) is 12.3 Å². The van der Waals surface area contributed by atoms with Crippen molar-refractivity contribution in [2.75, 3.05) is 0 Å². The zero-order valence-corrected chi connectivity index (χ0v) is 16.7. The van der Waals surface area contributed by atoms with E-state index in [1.54, 1.807) is 0 Å². The summed E-state index contributed by atoms with van der Waals surface area (Å²) in [5.41, 5.74) is 2.45. The van der Waals surface area contributed by atoms with Gasteiger partial charge in [-0.05, 0) is 69.6 Å². The normalized spacial score (nSPS) is 24.3. The highest BCUT2D eigenvalue weighted by Gasteiger charge is 2.43. The first-order valence-corrected chi connectivity index (χ1v) is 10.0. The number of pyridine rings is 1. The van der Waals surface area contributed by atoms with Crippen LogP contribution in [0.5, 0.6) is 0 Å². The van der Waals surface area contributed by atoms with Gasteiger partial charge in [-0.15, -0.1) is 0 Å². The van der Waals surface area contributed by atoms with Crippen LogP contribution in [-0.2, 0) is 5.54 Å². The monoisotopic (exact) mass is 368 g/mol. The fourth-order valence-electron chi connectivity index (χ4n) is 4.30. The zero-order chi connectivity index (χ0) is 18.3. The molecule has 0 unspecified atom stereocenters. The maximum absolute atomic E-state index is 5.79. The highest BCUT2D eigenvalue weighted by Crippen LogP contribution is 2.43. The lowest BCUT2D eigenvalue weighted by Crippen LogP contribution is -2.37. The SMILES string of the molecule is CC(C)(C)n1ccc([C@@H]2[C@@H](c3ccccn3)NC(=S)N2C2CCCC2)c1. The van der Waals surface area contributed by atoms with E-state index in [0.29, 0.717) is 6.04 Å². The molecular formula is C21H28N4S. The number of aromatic nitrogens is 2. The predicted molar refractivity (Wildman–Crippen MR) is 109 cm³/mol. The highest BCUT2D eigenvalue weighted by atomic mass is 32.1. The van der Waals surface area contributed by atoms with Crippen LogP contribution in [0, 0.1) is 0 Å². The number of hydrogen-bond acceptors (Lipinski definition) is 2. The summed E-state index contributed by atoms with van der Waals surface area (Å²) in [6, 6.07) is 9.21. The molecule has 1 aliphatic carbocycles. The molecule has 0 radical (unpaired) electrons. The molecule has 0 amide bonds. The molecule has 0 aromatic carbocycles. The van der Waals surface area contributed by atoms with Crippen molar-refractivity contribution in [3.63, 3.8) is 0 Å². The summed E-state index contributed by atoms with van der Waals surface area (Å²) in [6.45, 7) is 6.71. The summed E-state index contributed by atoms with van der Waals surface area (Å²) in [6.07, 6.45) is 11.4. The van der Waals surface area contributed by atoms with Crippen molar-refractivity contribution in [1.29, 1.82) is 0 Å². The fraction of sp³-hybridized carbons (Fsp3) is 0.524. The van der Waals surface area contributed by atoms with Crippen LogP contribution in [0.25, 0.3) is 0 Å². The summed E-state index contributed by atoms with van der Waals surface area (Å²) in [5.74, 6) is 0. The Bertz CT molecular complexity index is 771. The molecule has 2 aliphatic rings. The van der Waals surface area contributed by atoms with Crippen LogP contribution in [0.15, 0.2) is 42.9 Å². The number of nitrogens with zero attached hydrogens (tertiary/aromatic N) is 3. The maximum Gasteiger partial charge on any atom is 0.170 e. The fourth-order valence-corrected chi connectivity index (χ4v) is 4.69. The standard InChI is InChI=1S/C21H28N4S/c1-21(2,3)24-13-11-15(14-24)19-18(17-10-6-7-12-22-17)23-20(26)25(19)16-8-4-5-9-16/h6-7,10-14,16,18-19H,4-5,8-9H2,1-3H3,(H,23,26)/t18-,19-/m1/s1. The third kappa shape index (κ3) is 3.13. The van der Waals surface area contributed by atoms with Crippen LogP contribution in [0.3, 0.4) is 0 Å². The quantitative estimate of drug-likeness (QED) is 0.806. The van der Waals surface area contributed by atoms with Crippen LogP contribution < -0.4 is 5.32 Å². The second-order valence-electron chi connectivity index (χ2n) is 8.50. The molecule has 3 heterocycles. The minimum Gasteiger partial charge on any atom is -0.352 e. The van der Waals surface area contributed by atoms with E-state index < -0.39 is 0 Å². The van der Waals surface area contributed by atoms with Gasteiger partial charge in [-0.1, -0.05) is 18.9 Å². The Labute approximate surface area is 161 Å². The van der Waals surface area contributed by atoms with E-state index in [2.05, 4.69) is 71.1 Å². The van der Waals surface area contributed by atoms with E-state index >= 15 is 0 Å². The molecule has 2 aromatic heterocycles. The van der Waals surface area contributed by atoms with Gasteiger partial charge in [-0.2, -0.15) is 0 Å². The molecule has 1 saturated heterocycles. The molecule has 2 atom stereocenters. The topological polar surface area (TPSA) is 33.1 Å². The Kier molecular flexibility index (Phi) is 4.51. The first-order valence-electron chi connectivity index (χ1n) is 9.63. The summed E-state index contributed by atoms with van der Waals surface area (Å²) in [4.78, 5) is 7.09. The van der Waals surface area contributed by atoms with E-state index in [0.717, 1.165) is 10.8 Å². The van der Waals surface area contributed by atoms with Crippen molar-refractivity contribution < 1.29 is 0 Å². The molecular weight excluding hydrogens is 340 g/mol. The van der Waals surface area contributed by atoms with Crippen LogP contribution in [0.4, 0.5) is 0 Å². The van der Waals surface area contributed by atoms with Crippen molar-refractivity contribution in [1.82, 2.24) is 19.8 Å². The summed E-state index contributed by atoms with van der Waals surface area (Å²) < 4.78 is 2.30. The van der Waals surface area contributed by atoms with Gasteiger partial charge in [-0.25, -0.2) is 0 Å². The minimum absolute atomic E-state index is 0.0729. The van der Waals surface area contributed by atoms with Gasteiger partial charge >= 0.3 is 0 Å². The van der Waals surface area contributed by atoms with Gasteiger partial charge in [0, 0.05) is 30.2 Å². The van der Waals surface area contributed by atoms with Gasteiger partial charge in [0.1, 0.15) is 0 Å². The Morgan fingerprint density at radius 2 is 1.92 bits per heavy atom. The average molecular weight is 369 g/mol. The van der Waals surface area contributed by atoms with Gasteiger partial charge in [0.05, 0.1) is 17.8 Å². The third-order valence-electron chi connectivity index (χ3n) is 5.69. The minimum atomic E-state index is 0.0729. The summed E-state index contributed by atoms with van der Waals surface area (Å²) >= 11 is 5.79. The lowest BCUT2D eigenvalue weighted by molar-refractivity contribution is 0.245. The van der Waals surface area contributed by atoms with Gasteiger partial charge in [0.25, 0.3) is 0 Å². The molecule has 0 bridgehead atoms.